The minimum Gasteiger partial charge on any atom is -0.391 e. The van der Waals surface area contributed by atoms with Crippen LogP contribution in [0, 0.1) is 5.92 Å². The van der Waals surface area contributed by atoms with Crippen LogP contribution in [-0.2, 0) is 62.4 Å². The number of guanidine groups is 1. The van der Waals surface area contributed by atoms with Crippen LogP contribution in [0.4, 0.5) is 5.95 Å². The monoisotopic (exact) mass is 1130 g/mol. The fourth-order valence-electron chi connectivity index (χ4n) is 7.20. The number of H-pyrrole nitrogens is 1. The van der Waals surface area contributed by atoms with E-state index in [4.69, 9.17) is 31.9 Å². The standard InChI is InChI=1S/C41H67N17O17S2/c1-6-17(2)26(38(71)57-77(72,73)74-14-23-29(63)30(64)39(75-23)58-15-48-28-31(58)55-41(45)56-37(28)70)53-32(65)18(3)50-35(68)22(12-24(42)61)51-25(62)13-47-36(69)27(19(4)60)54-34(67)21(8-7-10-46-40(43)44)52-33(66)20(49-16-59)9-11-76-5/h15-23,26-27,29-30,39,60,63-64H,6-14H2,1-5H3,(H2,42,61)(H,47,69)(H,49,59)(H,50,68)(H,51,62)(H,52,66)(H,53,65)(H,54,67)(H,57,71)(H4,43,44,46)(H3,45,55,56,70)/t17-,18-,19+,20-,21-,22-,23+,26-,27-,29+,30+,39+/m0/s1. The molecule has 2 aromatic heterocycles. The molecule has 0 aromatic carbocycles. The second-order valence-electron chi connectivity index (χ2n) is 17.5. The third-order valence-corrected chi connectivity index (χ3v) is 13.1. The van der Waals surface area contributed by atoms with Crippen LogP contribution >= 0.6 is 11.8 Å². The number of nitrogens with two attached hydrogens (primary N) is 4. The number of imidazole rings is 1. The van der Waals surface area contributed by atoms with Gasteiger partial charge in [-0.3, -0.25) is 66.7 Å². The van der Waals surface area contributed by atoms with E-state index in [1.165, 1.54) is 18.7 Å². The second-order valence-corrected chi connectivity index (χ2v) is 19.8. The Hall–Kier alpha value is -7.25. The topological polar surface area (TPSA) is 543 Å². The van der Waals surface area contributed by atoms with Crippen molar-refractivity contribution in [1.29, 1.82) is 0 Å². The lowest BCUT2D eigenvalue weighted by Crippen LogP contribution is -2.60. The Balaban J connectivity index is 1.62. The number of carbonyl (C=O) groups is 9. The van der Waals surface area contributed by atoms with Crippen LogP contribution in [0.2, 0.25) is 0 Å². The third kappa shape index (κ3) is 19.4. The molecule has 3 rings (SSSR count). The average Bonchev–Trinajstić information content (AvgIpc) is 3.90. The number of aliphatic hydroxyl groups is 3. The zero-order chi connectivity index (χ0) is 57.9. The highest BCUT2D eigenvalue weighted by atomic mass is 32.2. The highest BCUT2D eigenvalue weighted by molar-refractivity contribution is 7.98. The molecule has 1 aliphatic rings. The molecule has 0 unspecified atom stereocenters. The van der Waals surface area contributed by atoms with Crippen molar-refractivity contribution in [3.63, 3.8) is 0 Å². The number of hydrogen-bond acceptors (Lipinski definition) is 22. The number of anilines is 1. The number of carbonyl (C=O) groups excluding carboxylic acids is 9. The molecule has 0 aliphatic carbocycles. The molecule has 12 atom stereocenters. The molecule has 0 radical (unpaired) electrons. The van der Waals surface area contributed by atoms with Crippen LogP contribution in [0.25, 0.3) is 11.2 Å². The van der Waals surface area contributed by atoms with E-state index in [1.807, 2.05) is 0 Å². The number of nitrogen functional groups attached to an aromatic ring is 1. The summed E-state index contributed by atoms with van der Waals surface area (Å²) in [6, 6.07) is -9.02. The summed E-state index contributed by atoms with van der Waals surface area (Å²) in [6.07, 6.45) is -5.29. The van der Waals surface area contributed by atoms with Gasteiger partial charge in [0.2, 0.25) is 53.7 Å². The number of ether oxygens (including phenoxy) is 1. The Morgan fingerprint density at radius 1 is 0.909 bits per heavy atom. The quantitative estimate of drug-likeness (QED) is 0.0140. The molecular weight excluding hydrogens is 1070 g/mol. The molecule has 1 fully saturated rings. The number of rotatable bonds is 32. The molecular formula is C41H67N17O17S2. The average molecular weight is 1130 g/mol. The van der Waals surface area contributed by atoms with E-state index in [2.05, 4.69) is 57.2 Å². The fourth-order valence-corrected chi connectivity index (χ4v) is 8.42. The Kier molecular flexibility index (Phi) is 24.9. The van der Waals surface area contributed by atoms with Crippen LogP contribution in [0.15, 0.2) is 16.1 Å². The number of nitrogens with zero attached hydrogens (tertiary/aromatic N) is 4. The number of amides is 9. The molecule has 9 amide bonds. The van der Waals surface area contributed by atoms with Gasteiger partial charge in [0.1, 0.15) is 54.6 Å². The largest absolute Gasteiger partial charge is 0.391 e. The van der Waals surface area contributed by atoms with E-state index in [0.29, 0.717) is 12.2 Å². The predicted octanol–water partition coefficient (Wildman–Crippen LogP) is -8.52. The Labute approximate surface area is 443 Å². The molecule has 1 saturated heterocycles. The van der Waals surface area contributed by atoms with Gasteiger partial charge >= 0.3 is 10.3 Å². The van der Waals surface area contributed by atoms with Gasteiger partial charge in [-0.15, -0.1) is 0 Å². The normalized spacial score (nSPS) is 19.3. The zero-order valence-corrected chi connectivity index (χ0v) is 44.1. The van der Waals surface area contributed by atoms with Crippen LogP contribution in [0.5, 0.6) is 0 Å². The van der Waals surface area contributed by atoms with Gasteiger partial charge in [-0.2, -0.15) is 25.2 Å². The zero-order valence-electron chi connectivity index (χ0n) is 42.4. The summed E-state index contributed by atoms with van der Waals surface area (Å²) in [5, 5.41) is 48.0. The van der Waals surface area contributed by atoms with Crippen molar-refractivity contribution in [2.24, 2.45) is 28.1 Å². The molecule has 34 nitrogen and oxygen atoms in total. The molecule has 36 heteroatoms. The van der Waals surface area contributed by atoms with Gasteiger partial charge in [0.25, 0.3) is 11.5 Å². The summed E-state index contributed by atoms with van der Waals surface area (Å²) in [7, 11) is -5.03. The van der Waals surface area contributed by atoms with E-state index in [9.17, 15) is 71.7 Å². The number of aromatic amines is 1. The van der Waals surface area contributed by atoms with Crippen LogP contribution < -0.4 is 70.4 Å². The molecule has 430 valence electrons. The Morgan fingerprint density at radius 3 is 2.17 bits per heavy atom. The van der Waals surface area contributed by atoms with Crippen molar-refractivity contribution in [3.8, 4) is 0 Å². The molecule has 0 bridgehead atoms. The first kappa shape index (κ1) is 64.0. The number of aliphatic imine (C=N–C) groups is 1. The minimum absolute atomic E-state index is 0.0441. The maximum Gasteiger partial charge on any atom is 0.362 e. The molecule has 3 heterocycles. The molecule has 77 heavy (non-hydrogen) atoms. The van der Waals surface area contributed by atoms with Crippen LogP contribution in [-0.4, -0.2) is 195 Å². The number of nitrogens with one attached hydrogen (secondary N) is 9. The van der Waals surface area contributed by atoms with E-state index < -0.39 is 156 Å². The van der Waals surface area contributed by atoms with Gasteiger partial charge in [-0.05, 0) is 51.0 Å². The smallest absolute Gasteiger partial charge is 0.362 e. The summed E-state index contributed by atoms with van der Waals surface area (Å²) in [6.45, 7) is 3.53. The third-order valence-electron chi connectivity index (χ3n) is 11.5. The highest BCUT2D eigenvalue weighted by Crippen LogP contribution is 2.31. The summed E-state index contributed by atoms with van der Waals surface area (Å²) in [5.74, 6) is -9.36. The van der Waals surface area contributed by atoms with Crippen LogP contribution in [0.3, 0.4) is 0 Å². The molecule has 1 aliphatic heterocycles. The van der Waals surface area contributed by atoms with Crippen molar-refractivity contribution in [2.75, 3.05) is 37.4 Å². The number of aromatic nitrogens is 4. The first-order valence-corrected chi connectivity index (χ1v) is 26.4. The summed E-state index contributed by atoms with van der Waals surface area (Å²) < 4.78 is 39.2. The molecule has 2 aromatic rings. The van der Waals surface area contributed by atoms with Crippen molar-refractivity contribution in [3.05, 3.63) is 16.7 Å². The lowest BCUT2D eigenvalue weighted by Gasteiger charge is -2.26. The number of thioether (sulfide) groups is 1. The Bertz CT molecular complexity index is 2630. The van der Waals surface area contributed by atoms with Gasteiger partial charge in [0.05, 0.1) is 32.0 Å². The summed E-state index contributed by atoms with van der Waals surface area (Å²) in [4.78, 5) is 142. The van der Waals surface area contributed by atoms with Gasteiger partial charge < -0.3 is 80.2 Å². The minimum atomic E-state index is -5.03. The molecule has 20 N–H and O–H groups in total. The SMILES string of the molecule is CC[C@H](C)[C@H](NC(=O)[C@H](C)NC(=O)[C@H](CC(N)=O)NC(=O)CNC(=O)[C@@H](NC(=O)[C@H](CCCN=C(N)N)NC(=O)[C@H](CCSC)NC=O)[C@@H](C)O)C(=O)NS(=O)(=O)OC[C@H]1O[C@@H](n2cnc3c(=O)[nH]c(N)nc32)[C@H](O)[C@@H]1O. The highest BCUT2D eigenvalue weighted by Gasteiger charge is 2.45. The lowest BCUT2D eigenvalue weighted by atomic mass is 9.98. The van der Waals surface area contributed by atoms with Gasteiger partial charge in [-0.1, -0.05) is 20.3 Å². The van der Waals surface area contributed by atoms with Crippen molar-refractivity contribution < 1.29 is 75.8 Å². The van der Waals surface area contributed by atoms with Crippen LogP contribution in [0.1, 0.15) is 66.0 Å². The maximum absolute atomic E-state index is 13.5. The fraction of sp³-hybridized carbons (Fsp3) is 0.634. The van der Waals surface area contributed by atoms with E-state index >= 15 is 0 Å². The van der Waals surface area contributed by atoms with Gasteiger partial charge in [0, 0.05) is 6.54 Å². The first-order chi connectivity index (χ1) is 36.1. The lowest BCUT2D eigenvalue weighted by molar-refractivity contribution is -0.136. The molecule has 0 spiro atoms. The summed E-state index contributed by atoms with van der Waals surface area (Å²) in [5.41, 5.74) is 20.6. The molecule has 0 saturated carbocycles. The second kappa shape index (κ2) is 29.9. The predicted molar refractivity (Wildman–Crippen MR) is 271 cm³/mol. The van der Waals surface area contributed by atoms with E-state index in [1.54, 1.807) is 17.9 Å². The van der Waals surface area contributed by atoms with E-state index in [0.717, 1.165) is 24.7 Å². The maximum atomic E-state index is 13.5. The number of aliphatic hydroxyl groups excluding tert-OH is 3. The number of primary amides is 1. The van der Waals surface area contributed by atoms with Crippen molar-refractivity contribution in [1.82, 2.24) is 61.5 Å². The van der Waals surface area contributed by atoms with E-state index in [-0.39, 0.29) is 55.3 Å². The summed E-state index contributed by atoms with van der Waals surface area (Å²) >= 11 is 1.40. The van der Waals surface area contributed by atoms with Crippen molar-refractivity contribution in [2.45, 2.75) is 127 Å². The van der Waals surface area contributed by atoms with Crippen molar-refractivity contribution >= 4 is 98.8 Å². The van der Waals surface area contributed by atoms with Gasteiger partial charge in [-0.25, -0.2) is 9.71 Å². The Morgan fingerprint density at radius 2 is 1.56 bits per heavy atom. The number of fused-ring (bicyclic) bond motifs is 1. The first-order valence-electron chi connectivity index (χ1n) is 23.6. The number of hydrogen-bond donors (Lipinski definition) is 16. The van der Waals surface area contributed by atoms with Gasteiger partial charge in [0.15, 0.2) is 23.4 Å².